The molecule has 2 heterocycles. The van der Waals surface area contributed by atoms with Gasteiger partial charge < -0.3 is 18.9 Å². The Morgan fingerprint density at radius 1 is 0.931 bits per heavy atom. The van der Waals surface area contributed by atoms with Crippen molar-refractivity contribution >= 4 is 56.1 Å². The lowest BCUT2D eigenvalue weighted by molar-refractivity contribution is 0.0997. The number of para-hydroxylation sites is 1. The van der Waals surface area contributed by atoms with E-state index in [-0.39, 0.29) is 11.7 Å². The Balaban J connectivity index is 1.58. The van der Waals surface area contributed by atoms with Crippen molar-refractivity contribution in [3.05, 3.63) is 70.9 Å². The predicted molar refractivity (Wildman–Crippen MR) is 114 cm³/mol. The van der Waals surface area contributed by atoms with Crippen LogP contribution in [0, 0.1) is 6.92 Å². The van der Waals surface area contributed by atoms with Crippen LogP contribution in [0.5, 0.6) is 5.75 Å². The third-order valence-electron chi connectivity index (χ3n) is 5.05. The molecule has 144 valence electrons. The van der Waals surface area contributed by atoms with E-state index in [1.54, 1.807) is 31.4 Å². The van der Waals surface area contributed by atoms with E-state index in [0.29, 0.717) is 27.6 Å². The molecule has 5 nitrogen and oxygen atoms in total. The largest absolute Gasteiger partial charge is 0.495 e. The van der Waals surface area contributed by atoms with Gasteiger partial charge in [0.25, 0.3) is 5.91 Å². The maximum atomic E-state index is 12.9. The van der Waals surface area contributed by atoms with Crippen molar-refractivity contribution in [1.82, 2.24) is 0 Å². The first-order chi connectivity index (χ1) is 14.0. The molecule has 6 heteroatoms. The summed E-state index contributed by atoms with van der Waals surface area (Å²) < 4.78 is 17.2. The number of halogens is 1. The minimum absolute atomic E-state index is 0.231. The molecule has 5 aromatic rings. The maximum absolute atomic E-state index is 12.9. The van der Waals surface area contributed by atoms with Crippen molar-refractivity contribution in [1.29, 1.82) is 0 Å². The summed E-state index contributed by atoms with van der Waals surface area (Å²) in [6.45, 7) is 1.83. The smallest absolute Gasteiger partial charge is 0.291 e. The van der Waals surface area contributed by atoms with E-state index in [2.05, 4.69) is 5.32 Å². The van der Waals surface area contributed by atoms with Crippen LogP contribution in [0.3, 0.4) is 0 Å². The van der Waals surface area contributed by atoms with E-state index in [1.165, 1.54) is 0 Å². The summed E-state index contributed by atoms with van der Waals surface area (Å²) in [7, 11) is 1.56. The number of fused-ring (bicyclic) bond motifs is 4. The predicted octanol–water partition coefficient (Wildman–Crippen LogP) is 6.55. The van der Waals surface area contributed by atoms with Crippen LogP contribution in [-0.2, 0) is 0 Å². The van der Waals surface area contributed by atoms with Gasteiger partial charge in [0, 0.05) is 32.8 Å². The van der Waals surface area contributed by atoms with Gasteiger partial charge in [0.1, 0.15) is 22.5 Å². The van der Waals surface area contributed by atoms with Gasteiger partial charge in [0.05, 0.1) is 12.8 Å². The molecule has 0 atom stereocenters. The first kappa shape index (κ1) is 17.6. The number of anilines is 1. The van der Waals surface area contributed by atoms with E-state index >= 15 is 0 Å². The van der Waals surface area contributed by atoms with Crippen LogP contribution >= 0.6 is 11.6 Å². The highest BCUT2D eigenvalue weighted by atomic mass is 35.5. The SMILES string of the molecule is COc1cc2c(cc1NC(=O)c1oc3ccc(Cl)cc3c1C)oc1ccccc12. The van der Waals surface area contributed by atoms with E-state index in [9.17, 15) is 4.79 Å². The van der Waals surface area contributed by atoms with E-state index in [4.69, 9.17) is 25.2 Å². The normalized spacial score (nSPS) is 11.4. The number of ether oxygens (including phenoxy) is 1. The fraction of sp³-hybridized carbons (Fsp3) is 0.0870. The van der Waals surface area contributed by atoms with Crippen molar-refractivity contribution in [3.8, 4) is 5.75 Å². The third-order valence-corrected chi connectivity index (χ3v) is 5.29. The van der Waals surface area contributed by atoms with Gasteiger partial charge in [-0.05, 0) is 37.3 Å². The first-order valence-corrected chi connectivity index (χ1v) is 9.42. The van der Waals surface area contributed by atoms with E-state index in [0.717, 1.165) is 27.3 Å². The Morgan fingerprint density at radius 2 is 1.72 bits per heavy atom. The molecule has 29 heavy (non-hydrogen) atoms. The molecular formula is C23H16ClNO4. The summed E-state index contributed by atoms with van der Waals surface area (Å²) in [6.07, 6.45) is 0. The number of carbonyl (C=O) groups is 1. The summed E-state index contributed by atoms with van der Waals surface area (Å²) in [6, 6.07) is 16.7. The zero-order chi connectivity index (χ0) is 20.1. The Labute approximate surface area is 170 Å². The summed E-state index contributed by atoms with van der Waals surface area (Å²) in [5.74, 6) is 0.395. The zero-order valence-corrected chi connectivity index (χ0v) is 16.5. The van der Waals surface area contributed by atoms with Crippen molar-refractivity contribution in [2.45, 2.75) is 6.92 Å². The summed E-state index contributed by atoms with van der Waals surface area (Å²) in [5.41, 5.74) is 3.27. The number of benzene rings is 3. The number of aryl methyl sites for hydroxylation is 1. The molecule has 3 aromatic carbocycles. The van der Waals surface area contributed by atoms with Crippen molar-refractivity contribution < 1.29 is 18.4 Å². The highest BCUT2D eigenvalue weighted by Crippen LogP contribution is 2.37. The Bertz CT molecular complexity index is 1410. The number of rotatable bonds is 3. The molecule has 0 aliphatic carbocycles. The monoisotopic (exact) mass is 405 g/mol. The van der Waals surface area contributed by atoms with E-state index in [1.807, 2.05) is 37.3 Å². The molecule has 0 unspecified atom stereocenters. The van der Waals surface area contributed by atoms with Gasteiger partial charge in [-0.1, -0.05) is 29.8 Å². The standard InChI is InChI=1S/C23H16ClNO4/c1-12-15-9-13(24)7-8-19(15)29-22(12)23(26)25-17-11-20-16(10-21(17)27-2)14-5-3-4-6-18(14)28-20/h3-11H,1-2H3,(H,25,26). The topological polar surface area (TPSA) is 64.6 Å². The van der Waals surface area contributed by atoms with E-state index < -0.39 is 0 Å². The lowest BCUT2D eigenvalue weighted by atomic mass is 10.1. The summed E-state index contributed by atoms with van der Waals surface area (Å²) in [5, 5.41) is 6.19. The molecule has 0 fully saturated rings. The Hall–Kier alpha value is -3.44. The summed E-state index contributed by atoms with van der Waals surface area (Å²) >= 11 is 6.07. The van der Waals surface area contributed by atoms with Gasteiger partial charge in [0.2, 0.25) is 0 Å². The van der Waals surface area contributed by atoms with Crippen LogP contribution in [-0.4, -0.2) is 13.0 Å². The number of hydrogen-bond acceptors (Lipinski definition) is 4. The molecule has 5 rings (SSSR count). The molecule has 1 amide bonds. The van der Waals surface area contributed by atoms with Crippen LogP contribution in [0.15, 0.2) is 63.4 Å². The minimum atomic E-state index is -0.372. The number of amides is 1. The first-order valence-electron chi connectivity index (χ1n) is 9.04. The van der Waals surface area contributed by atoms with Gasteiger partial charge in [-0.25, -0.2) is 0 Å². The van der Waals surface area contributed by atoms with Crippen LogP contribution in [0.4, 0.5) is 5.69 Å². The fourth-order valence-electron chi connectivity index (χ4n) is 3.61. The fourth-order valence-corrected chi connectivity index (χ4v) is 3.78. The lowest BCUT2D eigenvalue weighted by Crippen LogP contribution is -2.12. The number of hydrogen-bond donors (Lipinski definition) is 1. The molecular weight excluding hydrogens is 390 g/mol. The molecule has 0 saturated carbocycles. The van der Waals surface area contributed by atoms with Gasteiger partial charge in [0.15, 0.2) is 5.76 Å². The average molecular weight is 406 g/mol. The van der Waals surface area contributed by atoms with Gasteiger partial charge in [-0.3, -0.25) is 4.79 Å². The lowest BCUT2D eigenvalue weighted by Gasteiger charge is -2.09. The molecule has 0 bridgehead atoms. The molecule has 0 spiro atoms. The number of methoxy groups -OCH3 is 1. The number of nitrogens with one attached hydrogen (secondary N) is 1. The van der Waals surface area contributed by atoms with Gasteiger partial charge >= 0.3 is 0 Å². The second-order valence-corrected chi connectivity index (χ2v) is 7.23. The van der Waals surface area contributed by atoms with Crippen LogP contribution in [0.1, 0.15) is 16.1 Å². The third kappa shape index (κ3) is 2.82. The average Bonchev–Trinajstić information content (AvgIpc) is 3.24. The Morgan fingerprint density at radius 3 is 2.55 bits per heavy atom. The highest BCUT2D eigenvalue weighted by Gasteiger charge is 2.20. The molecule has 0 aliphatic heterocycles. The summed E-state index contributed by atoms with van der Waals surface area (Å²) in [4.78, 5) is 12.9. The molecule has 2 aromatic heterocycles. The van der Waals surface area contributed by atoms with Gasteiger partial charge in [-0.15, -0.1) is 0 Å². The maximum Gasteiger partial charge on any atom is 0.291 e. The minimum Gasteiger partial charge on any atom is -0.495 e. The second-order valence-electron chi connectivity index (χ2n) is 6.80. The number of carbonyl (C=O) groups excluding carboxylic acids is 1. The van der Waals surface area contributed by atoms with Crippen molar-refractivity contribution in [2.24, 2.45) is 0 Å². The molecule has 0 radical (unpaired) electrons. The van der Waals surface area contributed by atoms with Gasteiger partial charge in [-0.2, -0.15) is 0 Å². The zero-order valence-electron chi connectivity index (χ0n) is 15.7. The van der Waals surface area contributed by atoms with Crippen molar-refractivity contribution in [2.75, 3.05) is 12.4 Å². The van der Waals surface area contributed by atoms with Crippen molar-refractivity contribution in [3.63, 3.8) is 0 Å². The number of furan rings is 2. The molecule has 0 saturated heterocycles. The van der Waals surface area contributed by atoms with Crippen LogP contribution in [0.25, 0.3) is 32.9 Å². The van der Waals surface area contributed by atoms with Crippen LogP contribution in [0.2, 0.25) is 5.02 Å². The highest BCUT2D eigenvalue weighted by molar-refractivity contribution is 6.31. The van der Waals surface area contributed by atoms with Crippen LogP contribution < -0.4 is 10.1 Å². The molecule has 1 N–H and O–H groups in total. The quantitative estimate of drug-likeness (QED) is 0.369. The molecule has 0 aliphatic rings. The second kappa shape index (κ2) is 6.57. The Kier molecular flexibility index (Phi) is 4.00.